The van der Waals surface area contributed by atoms with E-state index >= 15 is 0 Å². The van der Waals surface area contributed by atoms with Gasteiger partial charge in [-0.25, -0.2) is 14.5 Å². The molecule has 2 heterocycles. The van der Waals surface area contributed by atoms with Crippen LogP contribution in [0.1, 0.15) is 50.3 Å². The maximum absolute atomic E-state index is 13.0. The highest BCUT2D eigenvalue weighted by Gasteiger charge is 2.33. The van der Waals surface area contributed by atoms with Crippen LogP contribution in [0.3, 0.4) is 0 Å². The van der Waals surface area contributed by atoms with Crippen LogP contribution in [0.5, 0.6) is 5.75 Å². The van der Waals surface area contributed by atoms with Crippen molar-refractivity contribution in [1.29, 1.82) is 0 Å². The number of aryl methyl sites for hydroxylation is 1. The lowest BCUT2D eigenvalue weighted by atomic mass is 9.99. The van der Waals surface area contributed by atoms with Crippen molar-refractivity contribution in [2.24, 2.45) is 10.9 Å². The predicted octanol–water partition coefficient (Wildman–Crippen LogP) is 8.15. The molecular weight excluding hydrogens is 641 g/mol. The van der Waals surface area contributed by atoms with Crippen molar-refractivity contribution in [1.82, 2.24) is 20.1 Å². The second-order valence-corrected chi connectivity index (χ2v) is 12.7. The monoisotopic (exact) mass is 676 g/mol. The molecule has 0 aliphatic carbocycles. The number of ether oxygens (including phenoxy) is 1. The number of hydrogen-bond acceptors (Lipinski definition) is 6. The molecule has 48 heavy (non-hydrogen) atoms. The van der Waals surface area contributed by atoms with Gasteiger partial charge in [0, 0.05) is 11.6 Å². The number of benzene rings is 3. The number of amidine groups is 1. The Balaban J connectivity index is 1.22. The minimum absolute atomic E-state index is 0.0577. The molecule has 1 N–H and O–H groups in total. The first-order valence-electron chi connectivity index (χ1n) is 15.3. The number of anilines is 1. The van der Waals surface area contributed by atoms with Gasteiger partial charge in [-0.05, 0) is 78.8 Å². The summed E-state index contributed by atoms with van der Waals surface area (Å²) >= 11 is 1.25. The van der Waals surface area contributed by atoms with Gasteiger partial charge in [0.1, 0.15) is 12.1 Å². The summed E-state index contributed by atoms with van der Waals surface area (Å²) in [5.41, 5.74) is 4.95. The lowest BCUT2D eigenvalue weighted by molar-refractivity contribution is -0.274. The maximum atomic E-state index is 13.0. The van der Waals surface area contributed by atoms with Crippen molar-refractivity contribution in [2.45, 2.75) is 52.9 Å². The number of thioether (sulfide) groups is 1. The number of carbonyl (C=O) groups is 2. The lowest BCUT2D eigenvalue weighted by Gasteiger charge is -2.22. The number of amides is 3. The van der Waals surface area contributed by atoms with Crippen molar-refractivity contribution in [3.63, 3.8) is 0 Å². The standard InChI is InChI=1S/C35H35F3N6O3S/c1-21(2)29-16-9-22(3)17-30(29)44-31(45)19-48-34(44)41-33(46)40-24(5)23(4)10-11-25-7-6-8-26(18-25)32-39-20-43(42-32)27-12-14-28(15-13-27)47-35(36,37)38/h6-18,20-21,23-24H,19H2,1-5H3,(H,40,46)/b11-10+,41-34?. The van der Waals surface area contributed by atoms with Gasteiger partial charge in [0.15, 0.2) is 11.0 Å². The third kappa shape index (κ3) is 8.51. The summed E-state index contributed by atoms with van der Waals surface area (Å²) in [5.74, 6) is 0.356. The average molecular weight is 677 g/mol. The number of carbonyl (C=O) groups excluding carboxylic acids is 2. The van der Waals surface area contributed by atoms with Crippen molar-refractivity contribution in [2.75, 3.05) is 10.7 Å². The van der Waals surface area contributed by atoms with E-state index in [1.807, 2.05) is 75.4 Å². The zero-order valence-electron chi connectivity index (χ0n) is 27.0. The van der Waals surface area contributed by atoms with Gasteiger partial charge in [0.05, 0.1) is 17.1 Å². The number of urea groups is 1. The van der Waals surface area contributed by atoms with E-state index in [2.05, 4.69) is 39.0 Å². The van der Waals surface area contributed by atoms with E-state index in [1.165, 1.54) is 47.0 Å². The van der Waals surface area contributed by atoms with E-state index in [-0.39, 0.29) is 35.3 Å². The molecule has 0 spiro atoms. The topological polar surface area (TPSA) is 102 Å². The minimum Gasteiger partial charge on any atom is -0.406 e. The van der Waals surface area contributed by atoms with Crippen LogP contribution in [0.25, 0.3) is 23.2 Å². The first-order chi connectivity index (χ1) is 22.8. The Bertz CT molecular complexity index is 1850. The molecular formula is C35H35F3N6O3S. The van der Waals surface area contributed by atoms with Crippen molar-refractivity contribution >= 4 is 40.6 Å². The van der Waals surface area contributed by atoms with Gasteiger partial charge in [0.2, 0.25) is 5.91 Å². The van der Waals surface area contributed by atoms with Crippen LogP contribution < -0.4 is 15.0 Å². The molecule has 3 aromatic carbocycles. The highest BCUT2D eigenvalue weighted by atomic mass is 32.2. The molecule has 9 nitrogen and oxygen atoms in total. The minimum atomic E-state index is -4.76. The van der Waals surface area contributed by atoms with Crippen LogP contribution in [-0.4, -0.2) is 50.0 Å². The van der Waals surface area contributed by atoms with Gasteiger partial charge in [-0.2, -0.15) is 4.99 Å². The van der Waals surface area contributed by atoms with E-state index in [0.29, 0.717) is 16.7 Å². The van der Waals surface area contributed by atoms with E-state index < -0.39 is 12.4 Å². The fourth-order valence-electron chi connectivity index (χ4n) is 4.99. The highest BCUT2D eigenvalue weighted by molar-refractivity contribution is 8.15. The number of nitrogens with one attached hydrogen (secondary N) is 1. The second kappa shape index (κ2) is 14.5. The number of aliphatic imine (C=N–C) groups is 1. The molecule has 4 aromatic rings. The van der Waals surface area contributed by atoms with Crippen molar-refractivity contribution in [3.05, 3.63) is 95.8 Å². The fraction of sp³-hybridized carbons (Fsp3) is 0.286. The van der Waals surface area contributed by atoms with Crippen molar-refractivity contribution in [3.8, 4) is 22.8 Å². The van der Waals surface area contributed by atoms with Gasteiger partial charge < -0.3 is 10.1 Å². The Morgan fingerprint density at radius 1 is 1.06 bits per heavy atom. The molecule has 250 valence electrons. The molecule has 1 aliphatic heterocycles. The molecule has 13 heteroatoms. The summed E-state index contributed by atoms with van der Waals surface area (Å²) in [5, 5.41) is 7.77. The molecule has 1 aromatic heterocycles. The quantitative estimate of drug-likeness (QED) is 0.192. The summed E-state index contributed by atoms with van der Waals surface area (Å²) in [6.07, 6.45) is 0.642. The summed E-state index contributed by atoms with van der Waals surface area (Å²) in [6.45, 7) is 9.97. The van der Waals surface area contributed by atoms with Crippen LogP contribution in [0.15, 0.2) is 84.1 Å². The molecule has 3 amide bonds. The Morgan fingerprint density at radius 2 is 1.81 bits per heavy atom. The molecule has 1 saturated heterocycles. The van der Waals surface area contributed by atoms with Gasteiger partial charge >= 0.3 is 12.4 Å². The van der Waals surface area contributed by atoms with Gasteiger partial charge in [-0.3, -0.25) is 9.69 Å². The molecule has 0 radical (unpaired) electrons. The highest BCUT2D eigenvalue weighted by Crippen LogP contribution is 2.34. The number of hydrogen-bond donors (Lipinski definition) is 1. The Labute approximate surface area is 280 Å². The number of aromatic nitrogens is 3. The molecule has 0 saturated carbocycles. The predicted molar refractivity (Wildman–Crippen MR) is 182 cm³/mol. The Hall–Kier alpha value is -4.91. The summed E-state index contributed by atoms with van der Waals surface area (Å²) in [6, 6.07) is 18.1. The van der Waals surface area contributed by atoms with E-state index in [9.17, 15) is 22.8 Å². The van der Waals surface area contributed by atoms with Gasteiger partial charge in [-0.1, -0.05) is 75.0 Å². The van der Waals surface area contributed by atoms with Crippen LogP contribution >= 0.6 is 11.8 Å². The first kappa shape index (κ1) is 34.4. The van der Waals surface area contributed by atoms with Crippen LogP contribution in [-0.2, 0) is 4.79 Å². The van der Waals surface area contributed by atoms with Crippen LogP contribution in [0, 0.1) is 12.8 Å². The number of rotatable bonds is 9. The maximum Gasteiger partial charge on any atom is 0.573 e. The van der Waals surface area contributed by atoms with Gasteiger partial charge in [-0.15, -0.1) is 18.3 Å². The third-order valence-corrected chi connectivity index (χ3v) is 8.64. The Kier molecular flexibility index (Phi) is 10.4. The fourth-order valence-corrected chi connectivity index (χ4v) is 5.85. The number of alkyl halides is 3. The molecule has 1 aliphatic rings. The van der Waals surface area contributed by atoms with E-state index in [0.717, 1.165) is 27.9 Å². The Morgan fingerprint density at radius 3 is 2.52 bits per heavy atom. The molecule has 2 unspecified atom stereocenters. The van der Waals surface area contributed by atoms with Crippen LogP contribution in [0.2, 0.25) is 0 Å². The lowest BCUT2D eigenvalue weighted by Crippen LogP contribution is -2.37. The molecule has 0 bridgehead atoms. The molecule has 5 rings (SSSR count). The smallest absolute Gasteiger partial charge is 0.406 e. The average Bonchev–Trinajstić information content (AvgIpc) is 3.66. The largest absolute Gasteiger partial charge is 0.573 e. The zero-order valence-corrected chi connectivity index (χ0v) is 27.8. The number of halogens is 3. The summed E-state index contributed by atoms with van der Waals surface area (Å²) in [4.78, 5) is 36.1. The second-order valence-electron chi connectivity index (χ2n) is 11.8. The normalized spacial score (nSPS) is 15.8. The summed E-state index contributed by atoms with van der Waals surface area (Å²) < 4.78 is 42.8. The molecule has 2 atom stereocenters. The van der Waals surface area contributed by atoms with E-state index in [1.54, 1.807) is 4.90 Å². The zero-order chi connectivity index (χ0) is 34.6. The van der Waals surface area contributed by atoms with Gasteiger partial charge in [0.25, 0.3) is 0 Å². The third-order valence-electron chi connectivity index (χ3n) is 7.72. The first-order valence-corrected chi connectivity index (χ1v) is 16.3. The SMILES string of the molecule is Cc1ccc(C(C)C)c(N2C(=O)CSC2=NC(=O)NC(C)C(C)/C=C/c2cccc(-c3ncn(-c4ccc(OC(F)(F)F)cc4)n3)c2)c1. The summed E-state index contributed by atoms with van der Waals surface area (Å²) in [7, 11) is 0. The van der Waals surface area contributed by atoms with Crippen molar-refractivity contribution < 1.29 is 27.5 Å². The molecule has 1 fully saturated rings. The van der Waals surface area contributed by atoms with E-state index in [4.69, 9.17) is 0 Å². The number of nitrogens with zero attached hydrogens (tertiary/aromatic N) is 5. The van der Waals surface area contributed by atoms with Crippen LogP contribution in [0.4, 0.5) is 23.7 Å².